The zero-order valence-corrected chi connectivity index (χ0v) is 22.8. The first-order valence-electron chi connectivity index (χ1n) is 13.0. The molecule has 0 radical (unpaired) electrons. The van der Waals surface area contributed by atoms with Crippen LogP contribution in [0.3, 0.4) is 0 Å². The normalized spacial score (nSPS) is 14.6. The van der Waals surface area contributed by atoms with Gasteiger partial charge in [0.05, 0.1) is 23.5 Å². The Hall–Kier alpha value is -4.56. The van der Waals surface area contributed by atoms with Gasteiger partial charge in [-0.05, 0) is 74.8 Å². The minimum absolute atomic E-state index is 0.177. The minimum atomic E-state index is -4.38. The number of hydrogen-bond donors (Lipinski definition) is 4. The van der Waals surface area contributed by atoms with Crippen LogP contribution in [0, 0.1) is 17.3 Å². The molecular weight excluding hydrogens is 531 g/mol. The number of hydrogen-bond acceptors (Lipinski definition) is 6. The lowest BCUT2D eigenvalue weighted by molar-refractivity contribution is -0.140. The molecule has 1 aromatic carbocycles. The van der Waals surface area contributed by atoms with Crippen molar-refractivity contribution in [3.05, 3.63) is 77.9 Å². The van der Waals surface area contributed by atoms with E-state index in [1.165, 1.54) is 4.57 Å². The average molecular weight is 566 g/mol. The van der Waals surface area contributed by atoms with Gasteiger partial charge in [-0.1, -0.05) is 30.2 Å². The van der Waals surface area contributed by atoms with Gasteiger partial charge in [-0.15, -0.1) is 0 Å². The van der Waals surface area contributed by atoms with Crippen molar-refractivity contribution in [2.75, 3.05) is 32.0 Å². The Morgan fingerprint density at radius 2 is 2.00 bits per heavy atom. The molecule has 0 unspecified atom stereocenters. The number of anilines is 1. The van der Waals surface area contributed by atoms with Gasteiger partial charge in [0.2, 0.25) is 6.41 Å². The number of nitrogens with zero attached hydrogens (tertiary/aromatic N) is 3. The van der Waals surface area contributed by atoms with Gasteiger partial charge in [-0.2, -0.15) is 13.2 Å². The molecule has 216 valence electrons. The van der Waals surface area contributed by atoms with Gasteiger partial charge in [0.1, 0.15) is 6.54 Å². The molecule has 41 heavy (non-hydrogen) atoms. The highest BCUT2D eigenvalue weighted by molar-refractivity contribution is 5.94. The summed E-state index contributed by atoms with van der Waals surface area (Å²) < 4.78 is 41.6. The van der Waals surface area contributed by atoms with E-state index in [-0.39, 0.29) is 19.0 Å². The fourth-order valence-electron chi connectivity index (χ4n) is 4.41. The number of benzene rings is 1. The Morgan fingerprint density at radius 1 is 1.24 bits per heavy atom. The summed E-state index contributed by atoms with van der Waals surface area (Å²) in [6.07, 6.45) is 7.78. The second kappa shape index (κ2) is 15.3. The summed E-state index contributed by atoms with van der Waals surface area (Å²) in [6.45, 7) is 1.03. The highest BCUT2D eigenvalue weighted by Gasteiger charge is 2.30. The monoisotopic (exact) mass is 565 g/mol. The van der Waals surface area contributed by atoms with E-state index in [0.29, 0.717) is 16.9 Å². The number of allylic oxidation sites excluding steroid dienone is 3. The van der Waals surface area contributed by atoms with E-state index < -0.39 is 12.7 Å². The van der Waals surface area contributed by atoms with E-state index in [2.05, 4.69) is 45.1 Å². The lowest BCUT2D eigenvalue weighted by Crippen LogP contribution is -2.36. The lowest BCUT2D eigenvalue weighted by atomic mass is 10.0. The molecule has 8 nitrogen and oxygen atoms in total. The van der Waals surface area contributed by atoms with Crippen LogP contribution < -0.4 is 16.4 Å². The molecule has 0 atom stereocenters. The summed E-state index contributed by atoms with van der Waals surface area (Å²) in [6, 6.07) is 11.2. The SMILES string of the molecule is CN1CCC(Nc2cccc3c2cc(C#CCN/C(C=N)=C/C=C/c2cccnc2)n3CC(F)(F)F)CC1.NC=O. The van der Waals surface area contributed by atoms with Crippen LogP contribution in [0.1, 0.15) is 24.1 Å². The van der Waals surface area contributed by atoms with Gasteiger partial charge in [-0.3, -0.25) is 9.78 Å². The molecule has 0 spiro atoms. The summed E-state index contributed by atoms with van der Waals surface area (Å²) in [4.78, 5) is 14.9. The first-order valence-corrected chi connectivity index (χ1v) is 13.0. The zero-order valence-electron chi connectivity index (χ0n) is 22.8. The molecule has 11 heteroatoms. The van der Waals surface area contributed by atoms with Crippen LogP contribution in [0.4, 0.5) is 18.9 Å². The Labute approximate surface area is 237 Å². The van der Waals surface area contributed by atoms with Crippen molar-refractivity contribution in [1.82, 2.24) is 19.8 Å². The van der Waals surface area contributed by atoms with Gasteiger partial charge in [0.25, 0.3) is 0 Å². The van der Waals surface area contributed by atoms with Crippen LogP contribution in [0.2, 0.25) is 0 Å². The summed E-state index contributed by atoms with van der Waals surface area (Å²) in [5, 5.41) is 14.9. The van der Waals surface area contributed by atoms with Crippen LogP contribution in [0.5, 0.6) is 0 Å². The highest BCUT2D eigenvalue weighted by atomic mass is 19.4. The number of carbonyl (C=O) groups excluding carboxylic acids is 1. The number of aromatic nitrogens is 2. The Morgan fingerprint density at radius 3 is 2.66 bits per heavy atom. The molecule has 3 heterocycles. The third-order valence-electron chi connectivity index (χ3n) is 6.36. The van der Waals surface area contributed by atoms with Crippen molar-refractivity contribution in [3.63, 3.8) is 0 Å². The van der Waals surface area contributed by atoms with E-state index in [9.17, 15) is 13.2 Å². The molecule has 1 amide bonds. The molecule has 4 rings (SSSR count). The van der Waals surface area contributed by atoms with Crippen LogP contribution >= 0.6 is 0 Å². The highest BCUT2D eigenvalue weighted by Crippen LogP contribution is 2.31. The van der Waals surface area contributed by atoms with Gasteiger partial charge < -0.3 is 31.2 Å². The third kappa shape index (κ3) is 9.85. The quantitative estimate of drug-likeness (QED) is 0.140. The summed E-state index contributed by atoms with van der Waals surface area (Å²) in [5.41, 5.74) is 7.25. The maximum atomic E-state index is 13.5. The van der Waals surface area contributed by atoms with Crippen molar-refractivity contribution in [2.24, 2.45) is 5.73 Å². The molecule has 1 aliphatic rings. The third-order valence-corrected chi connectivity index (χ3v) is 6.36. The van der Waals surface area contributed by atoms with E-state index in [4.69, 9.17) is 10.2 Å². The number of pyridine rings is 1. The molecular formula is C30H34F3N7O. The number of rotatable bonds is 8. The molecule has 1 fully saturated rings. The molecule has 0 saturated carbocycles. The van der Waals surface area contributed by atoms with Crippen molar-refractivity contribution >= 4 is 35.3 Å². The fourth-order valence-corrected chi connectivity index (χ4v) is 4.41. The Bertz CT molecular complexity index is 1410. The number of likely N-dealkylation sites (tertiary alicyclic amines) is 1. The number of nitrogens with one attached hydrogen (secondary N) is 3. The number of primary amides is 1. The summed E-state index contributed by atoms with van der Waals surface area (Å²) in [7, 11) is 2.09. The van der Waals surface area contributed by atoms with E-state index >= 15 is 0 Å². The number of halogens is 3. The predicted molar refractivity (Wildman–Crippen MR) is 157 cm³/mol. The molecule has 3 aromatic rings. The van der Waals surface area contributed by atoms with Crippen LogP contribution in [-0.2, 0) is 11.3 Å². The van der Waals surface area contributed by atoms with E-state index in [1.807, 2.05) is 24.3 Å². The number of fused-ring (bicyclic) bond motifs is 1. The molecule has 0 aliphatic carbocycles. The molecule has 1 aliphatic heterocycles. The van der Waals surface area contributed by atoms with Crippen LogP contribution in [0.25, 0.3) is 17.0 Å². The van der Waals surface area contributed by atoms with E-state index in [0.717, 1.165) is 48.8 Å². The van der Waals surface area contributed by atoms with Crippen molar-refractivity contribution in [3.8, 4) is 11.8 Å². The largest absolute Gasteiger partial charge is 0.406 e. The topological polar surface area (TPSA) is 112 Å². The first-order chi connectivity index (χ1) is 19.7. The molecule has 0 bridgehead atoms. The van der Waals surface area contributed by atoms with Gasteiger partial charge in [-0.25, -0.2) is 0 Å². The standard InChI is InChI=1S/C29H31F3N6.CH3NO/c1-37-16-12-23(13-17-37)36-27-10-3-11-28-26(27)18-25(38(28)21-29(30,31)32)9-5-15-35-24(19-33)8-2-6-22-7-4-14-34-20-22;2-1-3/h2-4,6-8,10-11,14,18-20,23,33,35-36H,12-13,15-17,21H2,1H3;1H,(H2,2,3)/b6-2+,24-8+,33-19?;. The van der Waals surface area contributed by atoms with Crippen molar-refractivity contribution in [1.29, 1.82) is 5.41 Å². The zero-order chi connectivity index (χ0) is 29.7. The molecule has 1 saturated heterocycles. The Kier molecular flexibility index (Phi) is 11.5. The summed E-state index contributed by atoms with van der Waals surface area (Å²) in [5.74, 6) is 5.82. The van der Waals surface area contributed by atoms with Gasteiger partial charge >= 0.3 is 6.18 Å². The van der Waals surface area contributed by atoms with Crippen LogP contribution in [-0.4, -0.2) is 66.0 Å². The van der Waals surface area contributed by atoms with Crippen molar-refractivity contribution < 1.29 is 18.0 Å². The number of piperidine rings is 1. The maximum absolute atomic E-state index is 13.5. The van der Waals surface area contributed by atoms with Crippen molar-refractivity contribution in [2.45, 2.75) is 31.6 Å². The minimum Gasteiger partial charge on any atom is -0.382 e. The fraction of sp³-hybridized carbons (Fsp3) is 0.300. The lowest BCUT2D eigenvalue weighted by Gasteiger charge is -2.30. The molecule has 5 N–H and O–H groups in total. The van der Waals surface area contributed by atoms with Gasteiger partial charge in [0, 0.05) is 35.7 Å². The Balaban J connectivity index is 0.00000147. The number of amides is 1. The smallest absolute Gasteiger partial charge is 0.382 e. The van der Waals surface area contributed by atoms with Gasteiger partial charge in [0.15, 0.2) is 0 Å². The summed E-state index contributed by atoms with van der Waals surface area (Å²) >= 11 is 0. The number of nitrogens with two attached hydrogens (primary N) is 1. The number of carbonyl (C=O) groups is 1. The van der Waals surface area contributed by atoms with Crippen LogP contribution in [0.15, 0.2) is 66.6 Å². The molecule has 2 aromatic heterocycles. The average Bonchev–Trinajstić information content (AvgIpc) is 3.29. The second-order valence-corrected chi connectivity index (χ2v) is 9.39. The predicted octanol–water partition coefficient (Wildman–Crippen LogP) is 4.39. The maximum Gasteiger partial charge on any atom is 0.406 e. The second-order valence-electron chi connectivity index (χ2n) is 9.39. The first kappa shape index (κ1) is 31.0. The number of alkyl halides is 3. The van der Waals surface area contributed by atoms with E-state index in [1.54, 1.807) is 42.7 Å².